The number of carbonyl (C=O) groups excluding carboxylic acids is 1. The zero-order valence-electron chi connectivity index (χ0n) is 7.50. The van der Waals surface area contributed by atoms with E-state index in [1.54, 1.807) is 0 Å². The third-order valence-electron chi connectivity index (χ3n) is 2.25. The van der Waals surface area contributed by atoms with E-state index in [-0.39, 0.29) is 12.0 Å². The Morgan fingerprint density at radius 2 is 2.07 bits per heavy atom. The molecule has 0 bridgehead atoms. The normalized spacial score (nSPS) is 21.2. The van der Waals surface area contributed by atoms with Crippen LogP contribution in [0, 0.1) is 0 Å². The molecule has 0 radical (unpaired) electrons. The van der Waals surface area contributed by atoms with Crippen molar-refractivity contribution >= 4 is 17.7 Å². The van der Waals surface area contributed by atoms with Crippen LogP contribution in [0.5, 0.6) is 0 Å². The molecule has 1 aromatic carbocycles. The first-order valence-electron chi connectivity index (χ1n) is 4.42. The summed E-state index contributed by atoms with van der Waals surface area (Å²) in [5.41, 5.74) is 1.13. The fraction of sp³-hybridized carbons (Fsp3) is 0.300. The van der Waals surface area contributed by atoms with Gasteiger partial charge in [-0.15, -0.1) is 0 Å². The average Bonchev–Trinajstić information content (AvgIpc) is 2.21. The predicted molar refractivity (Wildman–Crippen MR) is 53.5 cm³/mol. The third kappa shape index (κ3) is 1.99. The summed E-state index contributed by atoms with van der Waals surface area (Å²) in [4.78, 5) is 10.7. The summed E-state index contributed by atoms with van der Waals surface area (Å²) in [5, 5.41) is 3.37. The quantitative estimate of drug-likeness (QED) is 0.773. The van der Waals surface area contributed by atoms with Gasteiger partial charge < -0.3 is 10.1 Å². The van der Waals surface area contributed by atoms with Crippen LogP contribution in [0.15, 0.2) is 24.3 Å². The predicted octanol–water partition coefficient (Wildman–Crippen LogP) is 2.16. The highest BCUT2D eigenvalue weighted by Crippen LogP contribution is 2.20. The van der Waals surface area contributed by atoms with Gasteiger partial charge in [-0.2, -0.15) is 0 Å². The van der Waals surface area contributed by atoms with Crippen molar-refractivity contribution in [1.29, 1.82) is 0 Å². The zero-order valence-corrected chi connectivity index (χ0v) is 8.25. The Kier molecular flexibility index (Phi) is 2.59. The lowest BCUT2D eigenvalue weighted by atomic mass is 9.99. The number of hydrogen-bond donors (Lipinski definition) is 1. The van der Waals surface area contributed by atoms with Gasteiger partial charge in [-0.25, -0.2) is 4.79 Å². The number of nitrogens with one attached hydrogen (secondary N) is 1. The van der Waals surface area contributed by atoms with Crippen LogP contribution in [0.3, 0.4) is 0 Å². The van der Waals surface area contributed by atoms with Crippen LogP contribution in [0.4, 0.5) is 4.79 Å². The van der Waals surface area contributed by atoms with Crippen LogP contribution in [-0.2, 0) is 4.74 Å². The second-order valence-corrected chi connectivity index (χ2v) is 3.66. The van der Waals surface area contributed by atoms with E-state index < -0.39 is 0 Å². The van der Waals surface area contributed by atoms with Crippen LogP contribution in [0.2, 0.25) is 5.02 Å². The minimum atomic E-state index is -0.338. The van der Waals surface area contributed by atoms with E-state index in [4.69, 9.17) is 16.3 Å². The second-order valence-electron chi connectivity index (χ2n) is 3.23. The Morgan fingerprint density at radius 3 is 2.64 bits per heavy atom. The van der Waals surface area contributed by atoms with Crippen molar-refractivity contribution in [2.24, 2.45) is 0 Å². The SMILES string of the molecule is O=C1NCC(c2ccc(Cl)cc2)CO1. The monoisotopic (exact) mass is 211 g/mol. The molecule has 1 saturated heterocycles. The maximum absolute atomic E-state index is 10.7. The van der Waals surface area contributed by atoms with Gasteiger partial charge in [0.1, 0.15) is 6.61 Å². The minimum Gasteiger partial charge on any atom is -0.449 e. The first-order chi connectivity index (χ1) is 6.75. The van der Waals surface area contributed by atoms with Crippen molar-refractivity contribution < 1.29 is 9.53 Å². The molecular formula is C10H10ClNO2. The number of halogens is 1. The molecule has 1 atom stereocenters. The average molecular weight is 212 g/mol. The molecule has 1 fully saturated rings. The topological polar surface area (TPSA) is 38.3 Å². The van der Waals surface area contributed by atoms with Crippen molar-refractivity contribution in [2.45, 2.75) is 5.92 Å². The van der Waals surface area contributed by atoms with Crippen LogP contribution in [0.1, 0.15) is 11.5 Å². The smallest absolute Gasteiger partial charge is 0.407 e. The Labute approximate surface area is 87.0 Å². The largest absolute Gasteiger partial charge is 0.449 e. The molecule has 0 saturated carbocycles. The van der Waals surface area contributed by atoms with Crippen molar-refractivity contribution in [1.82, 2.24) is 5.32 Å². The Morgan fingerprint density at radius 1 is 1.36 bits per heavy atom. The molecule has 1 unspecified atom stereocenters. The molecule has 74 valence electrons. The van der Waals surface area contributed by atoms with Gasteiger partial charge in [0.15, 0.2) is 0 Å². The number of benzene rings is 1. The minimum absolute atomic E-state index is 0.227. The lowest BCUT2D eigenvalue weighted by Gasteiger charge is -2.22. The van der Waals surface area contributed by atoms with Gasteiger partial charge in [0.25, 0.3) is 0 Å². The van der Waals surface area contributed by atoms with Crippen molar-refractivity contribution in [3.8, 4) is 0 Å². The standard InChI is InChI=1S/C10H10ClNO2/c11-9-3-1-7(2-4-9)8-5-12-10(13)14-6-8/h1-4,8H,5-6H2,(H,12,13). The van der Waals surface area contributed by atoms with Crippen LogP contribution < -0.4 is 5.32 Å². The molecule has 4 heteroatoms. The van der Waals surface area contributed by atoms with E-state index in [1.165, 1.54) is 0 Å². The molecule has 2 rings (SSSR count). The van der Waals surface area contributed by atoms with E-state index in [0.29, 0.717) is 13.2 Å². The number of carbonyl (C=O) groups is 1. The maximum Gasteiger partial charge on any atom is 0.407 e. The van der Waals surface area contributed by atoms with Gasteiger partial charge in [0, 0.05) is 17.5 Å². The maximum atomic E-state index is 10.7. The first-order valence-corrected chi connectivity index (χ1v) is 4.79. The number of amides is 1. The van der Waals surface area contributed by atoms with Crippen LogP contribution >= 0.6 is 11.6 Å². The summed E-state index contributed by atoms with van der Waals surface area (Å²) in [5.74, 6) is 0.227. The molecule has 3 nitrogen and oxygen atoms in total. The molecule has 1 aliphatic rings. The molecule has 1 amide bonds. The van der Waals surface area contributed by atoms with Gasteiger partial charge in [-0.05, 0) is 17.7 Å². The van der Waals surface area contributed by atoms with Gasteiger partial charge in [-0.1, -0.05) is 23.7 Å². The molecule has 0 spiro atoms. The van der Waals surface area contributed by atoms with Gasteiger partial charge in [-0.3, -0.25) is 0 Å². The Balaban J connectivity index is 2.08. The van der Waals surface area contributed by atoms with E-state index in [1.807, 2.05) is 24.3 Å². The zero-order chi connectivity index (χ0) is 9.97. The number of alkyl carbamates (subject to hydrolysis) is 1. The summed E-state index contributed by atoms with van der Waals surface area (Å²) in [7, 11) is 0. The number of ether oxygens (including phenoxy) is 1. The second kappa shape index (κ2) is 3.88. The van der Waals surface area contributed by atoms with Crippen molar-refractivity contribution in [3.63, 3.8) is 0 Å². The highest BCUT2D eigenvalue weighted by atomic mass is 35.5. The summed E-state index contributed by atoms with van der Waals surface area (Å²) in [6, 6.07) is 7.59. The van der Waals surface area contributed by atoms with Gasteiger partial charge >= 0.3 is 6.09 Å². The molecule has 1 N–H and O–H groups in total. The van der Waals surface area contributed by atoms with Crippen molar-refractivity contribution in [2.75, 3.05) is 13.2 Å². The summed E-state index contributed by atoms with van der Waals surface area (Å²) in [6.45, 7) is 1.06. The summed E-state index contributed by atoms with van der Waals surface area (Å²) < 4.78 is 4.89. The molecule has 14 heavy (non-hydrogen) atoms. The van der Waals surface area contributed by atoms with Gasteiger partial charge in [0.05, 0.1) is 0 Å². The first kappa shape index (κ1) is 9.34. The number of cyclic esters (lactones) is 1. The van der Waals surface area contributed by atoms with E-state index in [9.17, 15) is 4.79 Å². The summed E-state index contributed by atoms with van der Waals surface area (Å²) >= 11 is 5.77. The van der Waals surface area contributed by atoms with Crippen molar-refractivity contribution in [3.05, 3.63) is 34.9 Å². The molecule has 0 aromatic heterocycles. The Bertz CT molecular complexity index is 326. The van der Waals surface area contributed by atoms with Gasteiger partial charge in [0.2, 0.25) is 0 Å². The highest BCUT2D eigenvalue weighted by molar-refractivity contribution is 6.30. The molecule has 1 heterocycles. The number of rotatable bonds is 1. The number of hydrogen-bond acceptors (Lipinski definition) is 2. The van der Waals surface area contributed by atoms with Crippen LogP contribution in [0.25, 0.3) is 0 Å². The lowest BCUT2D eigenvalue weighted by Crippen LogP contribution is -2.37. The molecular weight excluding hydrogens is 202 g/mol. The summed E-state index contributed by atoms with van der Waals surface area (Å²) in [6.07, 6.45) is -0.338. The van der Waals surface area contributed by atoms with E-state index in [0.717, 1.165) is 10.6 Å². The highest BCUT2D eigenvalue weighted by Gasteiger charge is 2.20. The molecule has 0 aliphatic carbocycles. The van der Waals surface area contributed by atoms with Crippen LogP contribution in [-0.4, -0.2) is 19.2 Å². The Hall–Kier alpha value is -1.22. The fourth-order valence-corrected chi connectivity index (χ4v) is 1.57. The molecule has 1 aromatic rings. The van der Waals surface area contributed by atoms with E-state index >= 15 is 0 Å². The fourth-order valence-electron chi connectivity index (χ4n) is 1.44. The third-order valence-corrected chi connectivity index (χ3v) is 2.50. The molecule has 1 aliphatic heterocycles. The lowest BCUT2D eigenvalue weighted by molar-refractivity contribution is 0.120. The van der Waals surface area contributed by atoms with E-state index in [2.05, 4.69) is 5.32 Å².